The van der Waals surface area contributed by atoms with E-state index in [0.29, 0.717) is 17.5 Å². The van der Waals surface area contributed by atoms with Crippen molar-refractivity contribution in [1.82, 2.24) is 20.1 Å². The molecule has 2 fully saturated rings. The molecule has 24 heavy (non-hydrogen) atoms. The molecule has 2 heterocycles. The van der Waals surface area contributed by atoms with Crippen LogP contribution in [0, 0.1) is 5.92 Å². The van der Waals surface area contributed by atoms with Gasteiger partial charge >= 0.3 is 0 Å². The molecule has 4 atom stereocenters. The number of carbonyl (C=O) groups is 1. The molecule has 0 spiro atoms. The van der Waals surface area contributed by atoms with Crippen LogP contribution in [-0.4, -0.2) is 46.4 Å². The van der Waals surface area contributed by atoms with E-state index in [1.54, 1.807) is 0 Å². The van der Waals surface area contributed by atoms with Crippen molar-refractivity contribution in [2.75, 3.05) is 25.1 Å². The molecule has 6 nitrogen and oxygen atoms in total. The fourth-order valence-corrected chi connectivity index (χ4v) is 4.42. The zero-order valence-corrected chi connectivity index (χ0v) is 13.9. The Kier molecular flexibility index (Phi) is 3.84. The minimum Gasteiger partial charge on any atom is -0.314 e. The van der Waals surface area contributed by atoms with Gasteiger partial charge in [-0.25, -0.2) is 14.2 Å². The first kappa shape index (κ1) is 16.0. The zero-order valence-electron chi connectivity index (χ0n) is 13.9. The highest BCUT2D eigenvalue weighted by molar-refractivity contribution is 5.81. The topological polar surface area (TPSA) is 62.2 Å². The van der Waals surface area contributed by atoms with Crippen molar-refractivity contribution in [3.05, 3.63) is 17.0 Å². The van der Waals surface area contributed by atoms with E-state index in [9.17, 15) is 13.6 Å². The van der Waals surface area contributed by atoms with Crippen LogP contribution in [0.2, 0.25) is 0 Å². The van der Waals surface area contributed by atoms with Crippen LogP contribution in [0.25, 0.3) is 0 Å². The molecule has 1 saturated carbocycles. The van der Waals surface area contributed by atoms with Gasteiger partial charge in [0.1, 0.15) is 5.69 Å². The summed E-state index contributed by atoms with van der Waals surface area (Å²) in [7, 11) is 0. The third kappa shape index (κ3) is 2.52. The van der Waals surface area contributed by atoms with Crippen molar-refractivity contribution in [3.63, 3.8) is 0 Å². The monoisotopic (exact) mass is 339 g/mol. The lowest BCUT2D eigenvalue weighted by Gasteiger charge is -2.41. The van der Waals surface area contributed by atoms with Gasteiger partial charge in [-0.3, -0.25) is 9.69 Å². The molecule has 4 rings (SSSR count). The van der Waals surface area contributed by atoms with Gasteiger partial charge in [-0.05, 0) is 25.7 Å². The molecule has 0 bridgehead atoms. The van der Waals surface area contributed by atoms with Gasteiger partial charge in [0, 0.05) is 50.1 Å². The lowest BCUT2D eigenvalue weighted by atomic mass is 9.88. The highest BCUT2D eigenvalue weighted by Gasteiger charge is 2.52. The number of nitrogens with zero attached hydrogens (tertiary/aromatic N) is 3. The zero-order chi connectivity index (χ0) is 17.0. The minimum atomic E-state index is -2.63. The summed E-state index contributed by atoms with van der Waals surface area (Å²) in [6.45, 7) is 6.08. The van der Waals surface area contributed by atoms with Gasteiger partial charge in [0.2, 0.25) is 5.91 Å². The van der Waals surface area contributed by atoms with Gasteiger partial charge in [-0.15, -0.1) is 0 Å². The number of hydrogen-bond donors (Lipinski definition) is 2. The van der Waals surface area contributed by atoms with Crippen LogP contribution in [-0.2, 0) is 4.79 Å². The molecule has 1 aromatic rings. The number of nitrogens with one attached hydrogen (secondary N) is 2. The van der Waals surface area contributed by atoms with Gasteiger partial charge in [-0.2, -0.15) is 9.89 Å². The lowest BCUT2D eigenvalue weighted by Crippen LogP contribution is -2.51. The summed E-state index contributed by atoms with van der Waals surface area (Å²) in [5, 5.41) is 7.42. The number of aromatic nitrogens is 2. The number of alkyl halides is 2. The molecule has 1 aromatic heterocycles. The van der Waals surface area contributed by atoms with E-state index in [-0.39, 0.29) is 23.6 Å². The van der Waals surface area contributed by atoms with Crippen molar-refractivity contribution in [2.24, 2.45) is 5.92 Å². The standard InChI is InChI=1S/C16H23F2N5O/c1-8-7-19-3-4-22(8)12-6-10-5-11(10)15-13(12)14(16(17)18)21-23(15)20-9(2)24/h8,10-12,16,19H,3-7H2,1-2H3,(H,20,24). The number of rotatable bonds is 3. The van der Waals surface area contributed by atoms with Gasteiger partial charge in [0.05, 0.1) is 5.69 Å². The van der Waals surface area contributed by atoms with E-state index in [1.807, 2.05) is 0 Å². The molecular formula is C16H23F2N5O. The Morgan fingerprint density at radius 3 is 2.88 bits per heavy atom. The van der Waals surface area contributed by atoms with Crippen LogP contribution in [0.15, 0.2) is 0 Å². The summed E-state index contributed by atoms with van der Waals surface area (Å²) in [6, 6.07) is 0.258. The summed E-state index contributed by atoms with van der Waals surface area (Å²) >= 11 is 0. The second kappa shape index (κ2) is 5.77. The predicted octanol–water partition coefficient (Wildman–Crippen LogP) is 1.75. The third-order valence-electron chi connectivity index (χ3n) is 5.54. The maximum absolute atomic E-state index is 13.7. The lowest BCUT2D eigenvalue weighted by molar-refractivity contribution is -0.115. The summed E-state index contributed by atoms with van der Waals surface area (Å²) in [4.78, 5) is 15.1. The number of hydrogen-bond acceptors (Lipinski definition) is 4. The van der Waals surface area contributed by atoms with Crippen LogP contribution in [0.5, 0.6) is 0 Å². The van der Waals surface area contributed by atoms with Crippen molar-refractivity contribution in [3.8, 4) is 0 Å². The fourth-order valence-electron chi connectivity index (χ4n) is 4.42. The molecule has 2 aliphatic carbocycles. The molecular weight excluding hydrogens is 316 g/mol. The van der Waals surface area contributed by atoms with Crippen LogP contribution in [0.4, 0.5) is 8.78 Å². The molecule has 2 N–H and O–H groups in total. The predicted molar refractivity (Wildman–Crippen MR) is 84.5 cm³/mol. The third-order valence-corrected chi connectivity index (χ3v) is 5.54. The molecule has 3 aliphatic rings. The molecule has 0 aromatic carbocycles. The van der Waals surface area contributed by atoms with Gasteiger partial charge in [-0.1, -0.05) is 0 Å². The SMILES string of the molecule is CC(=O)Nn1nc(C(F)F)c2c1C1CC1CC2N1CCNCC1C. The Balaban J connectivity index is 1.79. The molecule has 0 radical (unpaired) electrons. The quantitative estimate of drug-likeness (QED) is 0.881. The van der Waals surface area contributed by atoms with Crippen molar-refractivity contribution in [1.29, 1.82) is 0 Å². The maximum atomic E-state index is 13.7. The van der Waals surface area contributed by atoms with Gasteiger partial charge in [0.15, 0.2) is 0 Å². The minimum absolute atomic E-state index is 0.0349. The molecule has 1 amide bonds. The first-order valence-corrected chi connectivity index (χ1v) is 8.62. The summed E-state index contributed by atoms with van der Waals surface area (Å²) < 4.78 is 27.3. The van der Waals surface area contributed by atoms with E-state index in [1.165, 1.54) is 11.7 Å². The average Bonchev–Trinajstić information content (AvgIpc) is 3.20. The van der Waals surface area contributed by atoms with Gasteiger partial charge in [0.25, 0.3) is 6.43 Å². The Labute approximate surface area is 139 Å². The number of piperazine rings is 1. The van der Waals surface area contributed by atoms with Crippen LogP contribution in [0.3, 0.4) is 0 Å². The number of carbonyl (C=O) groups excluding carboxylic acids is 1. The van der Waals surface area contributed by atoms with E-state index in [4.69, 9.17) is 0 Å². The summed E-state index contributed by atoms with van der Waals surface area (Å²) in [6.07, 6.45) is -0.726. The van der Waals surface area contributed by atoms with Crippen molar-refractivity contribution in [2.45, 2.75) is 51.1 Å². The first-order valence-electron chi connectivity index (χ1n) is 8.62. The Hall–Kier alpha value is -1.54. The van der Waals surface area contributed by atoms with E-state index >= 15 is 0 Å². The first-order chi connectivity index (χ1) is 11.5. The molecule has 8 heteroatoms. The van der Waals surface area contributed by atoms with Crippen molar-refractivity contribution >= 4 is 5.91 Å². The van der Waals surface area contributed by atoms with E-state index in [0.717, 1.165) is 38.2 Å². The van der Waals surface area contributed by atoms with Crippen LogP contribution < -0.4 is 10.7 Å². The van der Waals surface area contributed by atoms with Crippen LogP contribution in [0.1, 0.15) is 62.0 Å². The Morgan fingerprint density at radius 2 is 2.21 bits per heavy atom. The van der Waals surface area contributed by atoms with E-state index in [2.05, 4.69) is 27.7 Å². The van der Waals surface area contributed by atoms with Crippen LogP contribution >= 0.6 is 0 Å². The van der Waals surface area contributed by atoms with E-state index < -0.39 is 6.43 Å². The number of fused-ring (bicyclic) bond motifs is 3. The number of amides is 1. The fraction of sp³-hybridized carbons (Fsp3) is 0.750. The second-order valence-electron chi connectivity index (χ2n) is 7.21. The summed E-state index contributed by atoms with van der Waals surface area (Å²) in [5.41, 5.74) is 3.89. The average molecular weight is 339 g/mol. The second-order valence-corrected chi connectivity index (χ2v) is 7.21. The Bertz CT molecular complexity index is 661. The molecule has 1 aliphatic heterocycles. The molecule has 1 saturated heterocycles. The molecule has 4 unspecified atom stereocenters. The normalized spacial score (nSPS) is 32.4. The Morgan fingerprint density at radius 1 is 1.42 bits per heavy atom. The largest absolute Gasteiger partial charge is 0.314 e. The highest BCUT2D eigenvalue weighted by atomic mass is 19.3. The smallest absolute Gasteiger partial charge is 0.282 e. The molecule has 132 valence electrons. The van der Waals surface area contributed by atoms with Crippen molar-refractivity contribution < 1.29 is 13.6 Å². The summed E-state index contributed by atoms with van der Waals surface area (Å²) in [5.74, 6) is 0.469. The number of halogens is 2. The van der Waals surface area contributed by atoms with Gasteiger partial charge < -0.3 is 5.32 Å². The highest BCUT2D eigenvalue weighted by Crippen LogP contribution is 2.59. The maximum Gasteiger partial charge on any atom is 0.282 e.